The summed E-state index contributed by atoms with van der Waals surface area (Å²) in [6.07, 6.45) is 0.154. The van der Waals surface area contributed by atoms with Crippen LogP contribution in [0.1, 0.15) is 20.8 Å². The van der Waals surface area contributed by atoms with Crippen LogP contribution in [0.3, 0.4) is 0 Å². The smallest absolute Gasteiger partial charge is 0.326 e. The molecule has 4 aromatic carbocycles. The molecule has 0 fully saturated rings. The lowest BCUT2D eigenvalue weighted by molar-refractivity contribution is -0.139. The first kappa shape index (κ1) is 25.5. The number of amides is 1. The SMILES string of the molecule is O=C(NC(Cc1ccc(OCc2ccc(Cl)cc2)cc1)C(=O)O)c1cc2cc(-c3ccccc3)ccc2s1. The van der Waals surface area contributed by atoms with Crippen LogP contribution >= 0.6 is 22.9 Å². The molecule has 0 aliphatic rings. The van der Waals surface area contributed by atoms with Gasteiger partial charge in [0.05, 0.1) is 4.88 Å². The summed E-state index contributed by atoms with van der Waals surface area (Å²) < 4.78 is 6.77. The first-order valence-electron chi connectivity index (χ1n) is 12.0. The number of fused-ring (bicyclic) bond motifs is 1. The largest absolute Gasteiger partial charge is 0.489 e. The summed E-state index contributed by atoms with van der Waals surface area (Å²) >= 11 is 7.26. The van der Waals surface area contributed by atoms with Crippen LogP contribution in [0.2, 0.25) is 5.02 Å². The van der Waals surface area contributed by atoms with Crippen molar-refractivity contribution in [2.24, 2.45) is 0 Å². The summed E-state index contributed by atoms with van der Waals surface area (Å²) in [6, 6.07) is 31.5. The zero-order valence-corrected chi connectivity index (χ0v) is 21.8. The molecule has 0 radical (unpaired) electrons. The number of carboxylic acid groups (broad SMARTS) is 1. The van der Waals surface area contributed by atoms with Gasteiger partial charge in [-0.2, -0.15) is 0 Å². The Morgan fingerprint density at radius 1 is 0.842 bits per heavy atom. The fourth-order valence-corrected chi connectivity index (χ4v) is 5.17. The van der Waals surface area contributed by atoms with Crippen molar-refractivity contribution in [2.75, 3.05) is 0 Å². The van der Waals surface area contributed by atoms with Crippen molar-refractivity contribution in [3.63, 3.8) is 0 Å². The molecule has 2 N–H and O–H groups in total. The highest BCUT2D eigenvalue weighted by atomic mass is 35.5. The van der Waals surface area contributed by atoms with E-state index in [0.717, 1.165) is 32.3 Å². The van der Waals surface area contributed by atoms with E-state index in [1.807, 2.05) is 91.0 Å². The van der Waals surface area contributed by atoms with Crippen LogP contribution in [0, 0.1) is 0 Å². The van der Waals surface area contributed by atoms with Gasteiger partial charge in [0.1, 0.15) is 18.4 Å². The van der Waals surface area contributed by atoms with Crippen molar-refractivity contribution >= 4 is 44.9 Å². The summed E-state index contributed by atoms with van der Waals surface area (Å²) in [6.45, 7) is 0.395. The summed E-state index contributed by atoms with van der Waals surface area (Å²) in [5.41, 5.74) is 3.93. The van der Waals surface area contributed by atoms with Gasteiger partial charge in [-0.1, -0.05) is 72.3 Å². The van der Waals surface area contributed by atoms with Crippen molar-refractivity contribution in [3.05, 3.63) is 124 Å². The number of benzene rings is 4. The third-order valence-electron chi connectivity index (χ3n) is 6.13. The summed E-state index contributed by atoms with van der Waals surface area (Å²) in [5.74, 6) is -0.823. The van der Waals surface area contributed by atoms with Crippen molar-refractivity contribution < 1.29 is 19.4 Å². The Morgan fingerprint density at radius 2 is 1.55 bits per heavy atom. The fraction of sp³-hybridized carbons (Fsp3) is 0.0968. The van der Waals surface area contributed by atoms with Gasteiger partial charge >= 0.3 is 5.97 Å². The van der Waals surface area contributed by atoms with Gasteiger partial charge in [0.2, 0.25) is 0 Å². The minimum absolute atomic E-state index is 0.154. The van der Waals surface area contributed by atoms with Gasteiger partial charge in [0, 0.05) is 16.1 Å². The third-order valence-corrected chi connectivity index (χ3v) is 7.50. The molecule has 5 rings (SSSR count). The van der Waals surface area contributed by atoms with E-state index in [1.165, 1.54) is 11.3 Å². The number of rotatable bonds is 9. The number of ether oxygens (including phenoxy) is 1. The topological polar surface area (TPSA) is 75.6 Å². The maximum Gasteiger partial charge on any atom is 0.326 e. The highest BCUT2D eigenvalue weighted by Gasteiger charge is 2.22. The van der Waals surface area contributed by atoms with Crippen LogP contribution in [-0.4, -0.2) is 23.0 Å². The van der Waals surface area contributed by atoms with Crippen molar-refractivity contribution in [1.29, 1.82) is 0 Å². The lowest BCUT2D eigenvalue weighted by atomic mass is 10.0. The molecular formula is C31H24ClNO4S. The molecule has 0 aliphatic heterocycles. The molecule has 0 aliphatic carbocycles. The zero-order chi connectivity index (χ0) is 26.5. The Bertz CT molecular complexity index is 1560. The molecule has 38 heavy (non-hydrogen) atoms. The molecule has 0 spiro atoms. The number of nitrogens with one attached hydrogen (secondary N) is 1. The lowest BCUT2D eigenvalue weighted by Crippen LogP contribution is -2.42. The second-order valence-electron chi connectivity index (χ2n) is 8.86. The van der Waals surface area contributed by atoms with Gasteiger partial charge in [-0.15, -0.1) is 11.3 Å². The normalized spacial score (nSPS) is 11.7. The van der Waals surface area contributed by atoms with Gasteiger partial charge in [0.15, 0.2) is 0 Å². The third kappa shape index (κ3) is 6.22. The molecule has 1 unspecified atom stereocenters. The Morgan fingerprint density at radius 3 is 2.26 bits per heavy atom. The Kier molecular flexibility index (Phi) is 7.73. The van der Waals surface area contributed by atoms with E-state index < -0.39 is 17.9 Å². The van der Waals surface area contributed by atoms with E-state index in [0.29, 0.717) is 22.3 Å². The number of hydrogen-bond acceptors (Lipinski definition) is 4. The Labute approximate surface area is 229 Å². The predicted molar refractivity (Wildman–Crippen MR) is 152 cm³/mol. The average molecular weight is 542 g/mol. The van der Waals surface area contributed by atoms with E-state index in [9.17, 15) is 14.7 Å². The molecule has 5 aromatic rings. The van der Waals surface area contributed by atoms with Crippen LogP contribution in [0.15, 0.2) is 103 Å². The molecule has 5 nitrogen and oxygen atoms in total. The van der Waals surface area contributed by atoms with Crippen molar-refractivity contribution in [3.8, 4) is 16.9 Å². The summed E-state index contributed by atoms with van der Waals surface area (Å²) in [7, 11) is 0. The van der Waals surface area contributed by atoms with Crippen LogP contribution in [0.5, 0.6) is 5.75 Å². The van der Waals surface area contributed by atoms with E-state index in [-0.39, 0.29) is 6.42 Å². The summed E-state index contributed by atoms with van der Waals surface area (Å²) in [5, 5.41) is 14.1. The van der Waals surface area contributed by atoms with Gasteiger partial charge in [-0.25, -0.2) is 4.79 Å². The number of aliphatic carboxylic acids is 1. The number of carbonyl (C=O) groups is 2. The van der Waals surface area contributed by atoms with Gasteiger partial charge in [-0.3, -0.25) is 4.79 Å². The molecule has 7 heteroatoms. The highest BCUT2D eigenvalue weighted by molar-refractivity contribution is 7.20. The van der Waals surface area contributed by atoms with Gasteiger partial charge in [0.25, 0.3) is 5.91 Å². The minimum atomic E-state index is -1.09. The average Bonchev–Trinajstić information content (AvgIpc) is 3.37. The van der Waals surface area contributed by atoms with E-state index in [1.54, 1.807) is 12.1 Å². The number of halogens is 1. The maximum atomic E-state index is 13.0. The lowest BCUT2D eigenvalue weighted by Gasteiger charge is -2.14. The first-order valence-corrected chi connectivity index (χ1v) is 13.2. The Balaban J connectivity index is 1.23. The van der Waals surface area contributed by atoms with Crippen LogP contribution in [-0.2, 0) is 17.8 Å². The van der Waals surface area contributed by atoms with Crippen molar-refractivity contribution in [1.82, 2.24) is 5.32 Å². The molecule has 0 bridgehead atoms. The van der Waals surface area contributed by atoms with Crippen LogP contribution < -0.4 is 10.1 Å². The monoisotopic (exact) mass is 541 g/mol. The van der Waals surface area contributed by atoms with Crippen molar-refractivity contribution in [2.45, 2.75) is 19.1 Å². The molecule has 0 saturated heterocycles. The molecule has 1 aromatic heterocycles. The van der Waals surface area contributed by atoms with E-state index >= 15 is 0 Å². The number of hydrogen-bond donors (Lipinski definition) is 2. The highest BCUT2D eigenvalue weighted by Crippen LogP contribution is 2.30. The van der Waals surface area contributed by atoms with Gasteiger partial charge in [-0.05, 0) is 70.1 Å². The summed E-state index contributed by atoms with van der Waals surface area (Å²) in [4.78, 5) is 25.4. The standard InChI is InChI=1S/C31H24ClNO4S/c32-25-11-6-21(7-12-25)19-37-26-13-8-20(9-14-26)16-27(31(35)36)33-30(34)29-18-24-17-23(10-15-28(24)38-29)22-4-2-1-3-5-22/h1-15,17-18,27H,16,19H2,(H,33,34)(H,35,36). The van der Waals surface area contributed by atoms with E-state index in [2.05, 4.69) is 5.32 Å². The number of thiophene rings is 1. The quantitative estimate of drug-likeness (QED) is 0.206. The Hall–Kier alpha value is -4.13. The molecular weight excluding hydrogens is 518 g/mol. The molecule has 1 heterocycles. The zero-order valence-electron chi connectivity index (χ0n) is 20.3. The van der Waals surface area contributed by atoms with E-state index in [4.69, 9.17) is 16.3 Å². The maximum absolute atomic E-state index is 13.0. The first-order chi connectivity index (χ1) is 18.4. The predicted octanol–water partition coefficient (Wildman–Crippen LogP) is 7.23. The number of carbonyl (C=O) groups excluding carboxylic acids is 1. The molecule has 190 valence electrons. The fourth-order valence-electron chi connectivity index (χ4n) is 4.10. The molecule has 0 saturated carbocycles. The second kappa shape index (κ2) is 11.5. The minimum Gasteiger partial charge on any atom is -0.489 e. The number of carboxylic acids is 1. The van der Waals surface area contributed by atoms with Crippen LogP contribution in [0.25, 0.3) is 21.2 Å². The van der Waals surface area contributed by atoms with Gasteiger partial charge < -0.3 is 15.2 Å². The second-order valence-corrected chi connectivity index (χ2v) is 10.4. The molecule has 1 amide bonds. The van der Waals surface area contributed by atoms with Crippen LogP contribution in [0.4, 0.5) is 0 Å². The molecule has 1 atom stereocenters.